The van der Waals surface area contributed by atoms with Crippen molar-refractivity contribution in [3.05, 3.63) is 40.1 Å². The zero-order valence-corrected chi connectivity index (χ0v) is 10.5. The molecule has 4 nitrogen and oxygen atoms in total. The lowest BCUT2D eigenvalue weighted by molar-refractivity contribution is 0.680. The number of aromatic nitrogens is 2. The maximum absolute atomic E-state index is 8.83. The van der Waals surface area contributed by atoms with Crippen LogP contribution in [0.4, 0.5) is 0 Å². The molecule has 2 aromatic rings. The topological polar surface area (TPSA) is 53.6 Å². The van der Waals surface area contributed by atoms with Crippen molar-refractivity contribution >= 4 is 11.3 Å². The highest BCUT2D eigenvalue weighted by Crippen LogP contribution is 2.06. The highest BCUT2D eigenvalue weighted by molar-refractivity contribution is 7.07. The Bertz CT molecular complexity index is 507. The lowest BCUT2D eigenvalue weighted by Crippen LogP contribution is -2.16. The summed E-state index contributed by atoms with van der Waals surface area (Å²) in [5, 5.41) is 14.2. The average Bonchev–Trinajstić information content (AvgIpc) is 2.94. The van der Waals surface area contributed by atoms with Gasteiger partial charge in [0, 0.05) is 38.1 Å². The van der Waals surface area contributed by atoms with Crippen molar-refractivity contribution in [3.8, 4) is 6.07 Å². The van der Waals surface area contributed by atoms with Crippen molar-refractivity contribution in [1.82, 2.24) is 14.9 Å². The van der Waals surface area contributed by atoms with Crippen LogP contribution in [0.25, 0.3) is 0 Å². The van der Waals surface area contributed by atoms with E-state index in [9.17, 15) is 0 Å². The molecule has 0 saturated carbocycles. The summed E-state index contributed by atoms with van der Waals surface area (Å²) in [5.41, 5.74) is 4.82. The minimum atomic E-state index is 0.696. The van der Waals surface area contributed by atoms with E-state index in [0.29, 0.717) is 5.69 Å². The summed E-state index contributed by atoms with van der Waals surface area (Å²) in [7, 11) is 1.89. The molecule has 0 spiro atoms. The zero-order chi connectivity index (χ0) is 12.1. The van der Waals surface area contributed by atoms with E-state index in [0.717, 1.165) is 30.8 Å². The number of rotatable bonds is 5. The van der Waals surface area contributed by atoms with Gasteiger partial charge in [0.2, 0.25) is 0 Å². The van der Waals surface area contributed by atoms with Gasteiger partial charge in [-0.25, -0.2) is 4.98 Å². The van der Waals surface area contributed by atoms with Gasteiger partial charge in [0.15, 0.2) is 0 Å². The third-order valence-electron chi connectivity index (χ3n) is 2.55. The number of hydrogen-bond donors (Lipinski definition) is 1. The first kappa shape index (κ1) is 11.8. The van der Waals surface area contributed by atoms with Crippen molar-refractivity contribution < 1.29 is 0 Å². The van der Waals surface area contributed by atoms with Crippen molar-refractivity contribution in [3.63, 3.8) is 0 Å². The molecule has 0 amide bonds. The van der Waals surface area contributed by atoms with Gasteiger partial charge >= 0.3 is 0 Å². The van der Waals surface area contributed by atoms with Crippen molar-refractivity contribution in [2.75, 3.05) is 6.54 Å². The molecule has 0 aliphatic heterocycles. The SMILES string of the molecule is Cn1cc(CNCCc2cscn2)cc1C#N. The Kier molecular flexibility index (Phi) is 3.91. The molecular weight excluding hydrogens is 232 g/mol. The van der Waals surface area contributed by atoms with Gasteiger partial charge in [-0.15, -0.1) is 11.3 Å². The van der Waals surface area contributed by atoms with Gasteiger partial charge in [0.05, 0.1) is 11.2 Å². The summed E-state index contributed by atoms with van der Waals surface area (Å²) in [4.78, 5) is 4.22. The highest BCUT2D eigenvalue weighted by Gasteiger charge is 2.01. The van der Waals surface area contributed by atoms with Gasteiger partial charge in [-0.1, -0.05) is 0 Å². The summed E-state index contributed by atoms with van der Waals surface area (Å²) >= 11 is 1.62. The summed E-state index contributed by atoms with van der Waals surface area (Å²) in [6.45, 7) is 1.69. The molecule has 0 aromatic carbocycles. The predicted molar refractivity (Wildman–Crippen MR) is 67.7 cm³/mol. The molecule has 0 unspecified atom stereocenters. The van der Waals surface area contributed by atoms with Crippen molar-refractivity contribution in [1.29, 1.82) is 5.26 Å². The van der Waals surface area contributed by atoms with Crippen LogP contribution in [0, 0.1) is 11.3 Å². The average molecular weight is 246 g/mol. The van der Waals surface area contributed by atoms with Crippen LogP contribution in [0.5, 0.6) is 0 Å². The Morgan fingerprint density at radius 2 is 2.47 bits per heavy atom. The Hall–Kier alpha value is -1.64. The number of hydrogen-bond acceptors (Lipinski definition) is 4. The Balaban J connectivity index is 1.76. The Labute approximate surface area is 105 Å². The fourth-order valence-electron chi connectivity index (χ4n) is 1.65. The lowest BCUT2D eigenvalue weighted by atomic mass is 10.3. The summed E-state index contributed by atoms with van der Waals surface area (Å²) in [5.74, 6) is 0. The number of nitriles is 1. The molecule has 88 valence electrons. The van der Waals surface area contributed by atoms with Gasteiger partial charge in [-0.2, -0.15) is 5.26 Å². The van der Waals surface area contributed by atoms with Gasteiger partial charge in [0.25, 0.3) is 0 Å². The van der Waals surface area contributed by atoms with Crippen LogP contribution in [0.1, 0.15) is 17.0 Å². The monoisotopic (exact) mass is 246 g/mol. The van der Waals surface area contributed by atoms with Crippen LogP contribution in [0.3, 0.4) is 0 Å². The molecule has 2 aromatic heterocycles. The molecule has 5 heteroatoms. The second-order valence-corrected chi connectivity index (χ2v) is 4.58. The molecule has 0 radical (unpaired) electrons. The van der Waals surface area contributed by atoms with Gasteiger partial charge in [0.1, 0.15) is 11.8 Å². The van der Waals surface area contributed by atoms with E-state index < -0.39 is 0 Å². The second kappa shape index (κ2) is 5.62. The van der Waals surface area contributed by atoms with Crippen LogP contribution in [0.2, 0.25) is 0 Å². The molecule has 0 aliphatic carbocycles. The largest absolute Gasteiger partial charge is 0.342 e. The van der Waals surface area contributed by atoms with Gasteiger partial charge in [-0.05, 0) is 11.6 Å². The van der Waals surface area contributed by atoms with Crippen LogP contribution < -0.4 is 5.32 Å². The third kappa shape index (κ3) is 3.16. The Morgan fingerprint density at radius 1 is 1.59 bits per heavy atom. The predicted octanol–water partition coefficient (Wildman–Crippen LogP) is 1.69. The molecule has 0 atom stereocenters. The number of thiazole rings is 1. The van der Waals surface area contributed by atoms with Gasteiger partial charge in [-0.3, -0.25) is 0 Å². The van der Waals surface area contributed by atoms with E-state index in [2.05, 4.69) is 21.8 Å². The highest BCUT2D eigenvalue weighted by atomic mass is 32.1. The molecule has 17 heavy (non-hydrogen) atoms. The Morgan fingerprint density at radius 3 is 3.12 bits per heavy atom. The number of nitrogens with one attached hydrogen (secondary N) is 1. The van der Waals surface area contributed by atoms with E-state index in [1.165, 1.54) is 0 Å². The summed E-state index contributed by atoms with van der Waals surface area (Å²) < 4.78 is 1.84. The first-order valence-corrected chi connectivity index (χ1v) is 6.37. The fourth-order valence-corrected chi connectivity index (χ4v) is 2.24. The van der Waals surface area contributed by atoms with E-state index >= 15 is 0 Å². The summed E-state index contributed by atoms with van der Waals surface area (Å²) in [6, 6.07) is 4.07. The minimum absolute atomic E-state index is 0.696. The molecule has 0 bridgehead atoms. The maximum Gasteiger partial charge on any atom is 0.120 e. The fraction of sp³-hybridized carbons (Fsp3) is 0.333. The maximum atomic E-state index is 8.83. The van der Waals surface area contributed by atoms with Crippen molar-refractivity contribution in [2.45, 2.75) is 13.0 Å². The van der Waals surface area contributed by atoms with E-state index in [1.807, 2.05) is 29.4 Å². The quantitative estimate of drug-likeness (QED) is 0.817. The van der Waals surface area contributed by atoms with Crippen LogP contribution in [-0.4, -0.2) is 16.1 Å². The summed E-state index contributed by atoms with van der Waals surface area (Å²) in [6.07, 6.45) is 2.93. The number of nitrogens with zero attached hydrogens (tertiary/aromatic N) is 3. The standard InChI is InChI=1S/C12H14N4S/c1-16-7-10(4-12(16)5-13)6-14-3-2-11-8-17-9-15-11/h4,7-9,14H,2-3,6H2,1H3. The molecule has 0 fully saturated rings. The van der Waals surface area contributed by atoms with Crippen LogP contribution in [0.15, 0.2) is 23.2 Å². The smallest absolute Gasteiger partial charge is 0.120 e. The first-order chi connectivity index (χ1) is 8.29. The van der Waals surface area contributed by atoms with Crippen LogP contribution >= 0.6 is 11.3 Å². The second-order valence-electron chi connectivity index (χ2n) is 3.86. The molecule has 2 rings (SSSR count). The third-order valence-corrected chi connectivity index (χ3v) is 3.18. The minimum Gasteiger partial charge on any atom is -0.342 e. The number of aryl methyl sites for hydroxylation is 1. The lowest BCUT2D eigenvalue weighted by Gasteiger charge is -2.00. The molecule has 2 heterocycles. The van der Waals surface area contributed by atoms with Crippen molar-refractivity contribution in [2.24, 2.45) is 7.05 Å². The van der Waals surface area contributed by atoms with Crippen LogP contribution in [-0.2, 0) is 20.0 Å². The van der Waals surface area contributed by atoms with E-state index in [-0.39, 0.29) is 0 Å². The zero-order valence-electron chi connectivity index (χ0n) is 9.68. The van der Waals surface area contributed by atoms with E-state index in [4.69, 9.17) is 5.26 Å². The van der Waals surface area contributed by atoms with Gasteiger partial charge < -0.3 is 9.88 Å². The first-order valence-electron chi connectivity index (χ1n) is 5.42. The molecule has 0 saturated heterocycles. The molecule has 0 aliphatic rings. The van der Waals surface area contributed by atoms with E-state index in [1.54, 1.807) is 11.3 Å². The molecular formula is C12H14N4S. The molecule has 1 N–H and O–H groups in total. The normalized spacial score (nSPS) is 10.4.